The lowest BCUT2D eigenvalue weighted by molar-refractivity contribution is -0.0503. The number of hydrogen-bond donors (Lipinski definition) is 1. The maximum atomic E-state index is 13.3. The van der Waals surface area contributed by atoms with Crippen LogP contribution in [0, 0.1) is 23.2 Å². The Bertz CT molecular complexity index is 1220. The standard InChI is InChI=1S/C26H32N6O2/c1-30(14-20-13-28-31(2)15-20)25(34)22-9-23-21(4-3-5-32(23)29-22)24(33)27-16-26-10-17-6-18(11-26)8-19(7-17)12-26/h3-5,9,13,15,17-19H,6-8,10-12,14,16H2,1-2H3,(H,27,33). The maximum absolute atomic E-state index is 13.3. The van der Waals surface area contributed by atoms with Crippen molar-refractivity contribution < 1.29 is 9.59 Å². The van der Waals surface area contributed by atoms with Gasteiger partial charge in [-0.25, -0.2) is 4.52 Å². The number of nitrogens with one attached hydrogen (secondary N) is 1. The molecule has 8 heteroatoms. The lowest BCUT2D eigenvalue weighted by atomic mass is 9.49. The molecule has 4 aliphatic carbocycles. The predicted octanol–water partition coefficient (Wildman–Crippen LogP) is 3.29. The van der Waals surface area contributed by atoms with Gasteiger partial charge in [0.1, 0.15) is 0 Å². The normalized spacial score (nSPS) is 27.3. The summed E-state index contributed by atoms with van der Waals surface area (Å²) in [5.74, 6) is 2.31. The van der Waals surface area contributed by atoms with Crippen LogP contribution in [0.2, 0.25) is 0 Å². The second-order valence-electron chi connectivity index (χ2n) is 11.1. The fraction of sp³-hybridized carbons (Fsp3) is 0.538. The van der Waals surface area contributed by atoms with E-state index in [2.05, 4.69) is 15.5 Å². The number of carbonyl (C=O) groups excluding carboxylic acids is 2. The monoisotopic (exact) mass is 460 g/mol. The molecule has 0 saturated heterocycles. The summed E-state index contributed by atoms with van der Waals surface area (Å²) < 4.78 is 3.34. The fourth-order valence-corrected chi connectivity index (χ4v) is 7.28. The predicted molar refractivity (Wildman–Crippen MR) is 127 cm³/mol. The van der Waals surface area contributed by atoms with Crippen molar-refractivity contribution in [3.63, 3.8) is 0 Å². The lowest BCUT2D eigenvalue weighted by Crippen LogP contribution is -2.51. The molecule has 0 unspecified atom stereocenters. The molecule has 0 spiro atoms. The van der Waals surface area contributed by atoms with Crippen LogP contribution < -0.4 is 5.32 Å². The molecule has 4 saturated carbocycles. The highest BCUT2D eigenvalue weighted by Crippen LogP contribution is 2.59. The molecule has 4 fully saturated rings. The van der Waals surface area contributed by atoms with Crippen LogP contribution in [-0.2, 0) is 13.6 Å². The van der Waals surface area contributed by atoms with Crippen LogP contribution in [-0.4, -0.2) is 49.7 Å². The van der Waals surface area contributed by atoms with E-state index in [-0.39, 0.29) is 17.2 Å². The van der Waals surface area contributed by atoms with Crippen LogP contribution in [0.25, 0.3) is 5.52 Å². The van der Waals surface area contributed by atoms with Crippen molar-refractivity contribution in [3.8, 4) is 0 Å². The van der Waals surface area contributed by atoms with Crippen LogP contribution in [0.3, 0.4) is 0 Å². The van der Waals surface area contributed by atoms with Crippen LogP contribution in [0.15, 0.2) is 36.8 Å². The highest BCUT2D eigenvalue weighted by Gasteiger charge is 2.50. The van der Waals surface area contributed by atoms with Gasteiger partial charge in [0, 0.05) is 45.1 Å². The van der Waals surface area contributed by atoms with Gasteiger partial charge in [-0.05, 0) is 79.9 Å². The number of aryl methyl sites for hydroxylation is 1. The van der Waals surface area contributed by atoms with Gasteiger partial charge in [-0.2, -0.15) is 10.2 Å². The van der Waals surface area contributed by atoms with E-state index in [1.807, 2.05) is 25.4 Å². The van der Waals surface area contributed by atoms with Gasteiger partial charge < -0.3 is 10.2 Å². The molecule has 2 amide bonds. The first-order valence-electron chi connectivity index (χ1n) is 12.4. The van der Waals surface area contributed by atoms with E-state index >= 15 is 0 Å². The zero-order valence-electron chi connectivity index (χ0n) is 19.9. The Morgan fingerprint density at radius 3 is 2.53 bits per heavy atom. The molecule has 0 atom stereocenters. The van der Waals surface area contributed by atoms with Gasteiger partial charge in [-0.3, -0.25) is 14.3 Å². The molecule has 3 aromatic rings. The Labute approximate surface area is 199 Å². The number of hydrogen-bond acceptors (Lipinski definition) is 4. The van der Waals surface area contributed by atoms with Crippen molar-refractivity contribution >= 4 is 17.3 Å². The van der Waals surface area contributed by atoms with Gasteiger partial charge in [-0.15, -0.1) is 0 Å². The molecule has 0 radical (unpaired) electrons. The summed E-state index contributed by atoms with van der Waals surface area (Å²) >= 11 is 0. The number of fused-ring (bicyclic) bond motifs is 1. The molecule has 8 nitrogen and oxygen atoms in total. The third-order valence-electron chi connectivity index (χ3n) is 8.28. The van der Waals surface area contributed by atoms with Gasteiger partial charge in [0.15, 0.2) is 5.69 Å². The third kappa shape index (κ3) is 3.79. The second kappa shape index (κ2) is 7.96. The smallest absolute Gasteiger partial charge is 0.274 e. The van der Waals surface area contributed by atoms with Gasteiger partial charge in [0.05, 0.1) is 17.3 Å². The SMILES string of the molecule is CN(Cc1cnn(C)c1)C(=O)c1cc2c(C(=O)NCC34CC5CC(CC(C5)C3)C4)cccn2n1. The molecule has 0 aromatic carbocycles. The van der Waals surface area contributed by atoms with E-state index in [1.54, 1.807) is 39.6 Å². The minimum absolute atomic E-state index is 0.0797. The van der Waals surface area contributed by atoms with Crippen LogP contribution >= 0.6 is 0 Å². The van der Waals surface area contributed by atoms with E-state index < -0.39 is 0 Å². The number of amides is 2. The average Bonchev–Trinajstić information content (AvgIpc) is 3.41. The number of nitrogens with zero attached hydrogens (tertiary/aromatic N) is 5. The topological polar surface area (TPSA) is 84.5 Å². The van der Waals surface area contributed by atoms with E-state index in [0.29, 0.717) is 23.3 Å². The Hall–Kier alpha value is -3.16. The van der Waals surface area contributed by atoms with Crippen molar-refractivity contribution in [1.82, 2.24) is 29.6 Å². The Kier molecular flexibility index (Phi) is 5.00. The first kappa shape index (κ1) is 21.4. The van der Waals surface area contributed by atoms with Gasteiger partial charge in [0.25, 0.3) is 11.8 Å². The van der Waals surface area contributed by atoms with Crippen molar-refractivity contribution in [2.75, 3.05) is 13.6 Å². The van der Waals surface area contributed by atoms with Crippen molar-refractivity contribution in [1.29, 1.82) is 0 Å². The molecule has 3 aromatic heterocycles. The molecule has 7 rings (SSSR count). The average molecular weight is 461 g/mol. The van der Waals surface area contributed by atoms with Crippen LogP contribution in [0.4, 0.5) is 0 Å². The molecule has 1 N–H and O–H groups in total. The number of rotatable bonds is 6. The zero-order valence-corrected chi connectivity index (χ0v) is 19.9. The minimum atomic E-state index is -0.188. The summed E-state index contributed by atoms with van der Waals surface area (Å²) in [5, 5.41) is 11.9. The minimum Gasteiger partial charge on any atom is -0.351 e. The van der Waals surface area contributed by atoms with Gasteiger partial charge in [-0.1, -0.05) is 0 Å². The molecule has 4 bridgehead atoms. The summed E-state index contributed by atoms with van der Waals surface area (Å²) in [6.07, 6.45) is 13.4. The molecule has 34 heavy (non-hydrogen) atoms. The third-order valence-corrected chi connectivity index (χ3v) is 8.28. The highest BCUT2D eigenvalue weighted by atomic mass is 16.2. The summed E-state index contributed by atoms with van der Waals surface area (Å²) in [4.78, 5) is 27.9. The number of carbonyl (C=O) groups is 2. The van der Waals surface area contributed by atoms with Gasteiger partial charge >= 0.3 is 0 Å². The first-order chi connectivity index (χ1) is 16.4. The van der Waals surface area contributed by atoms with E-state index in [1.165, 1.54) is 38.5 Å². The molecule has 178 valence electrons. The van der Waals surface area contributed by atoms with Gasteiger partial charge in [0.2, 0.25) is 0 Å². The van der Waals surface area contributed by atoms with E-state index in [9.17, 15) is 9.59 Å². The van der Waals surface area contributed by atoms with Crippen LogP contribution in [0.5, 0.6) is 0 Å². The fourth-order valence-electron chi connectivity index (χ4n) is 7.28. The Balaban J connectivity index is 1.18. The zero-order chi connectivity index (χ0) is 23.4. The van der Waals surface area contributed by atoms with Crippen molar-refractivity contribution in [3.05, 3.63) is 53.6 Å². The second-order valence-corrected chi connectivity index (χ2v) is 11.1. The highest BCUT2D eigenvalue weighted by molar-refractivity contribution is 6.02. The molecule has 3 heterocycles. The Morgan fingerprint density at radius 2 is 1.88 bits per heavy atom. The summed E-state index contributed by atoms with van der Waals surface area (Å²) in [5.41, 5.74) is 2.78. The Morgan fingerprint density at radius 1 is 1.18 bits per heavy atom. The van der Waals surface area contributed by atoms with Crippen molar-refractivity contribution in [2.24, 2.45) is 30.2 Å². The summed E-state index contributed by atoms with van der Waals surface area (Å²) in [6.45, 7) is 1.20. The molecule has 4 aliphatic rings. The van der Waals surface area contributed by atoms with Crippen molar-refractivity contribution in [2.45, 2.75) is 45.1 Å². The number of aromatic nitrogens is 4. The summed E-state index contributed by atoms with van der Waals surface area (Å²) in [7, 11) is 3.60. The summed E-state index contributed by atoms with van der Waals surface area (Å²) in [6, 6.07) is 5.36. The largest absolute Gasteiger partial charge is 0.351 e. The van der Waals surface area contributed by atoms with E-state index in [4.69, 9.17) is 0 Å². The van der Waals surface area contributed by atoms with E-state index in [0.717, 1.165) is 29.9 Å². The molecular weight excluding hydrogens is 428 g/mol. The molecule has 0 aliphatic heterocycles. The molecular formula is C26H32N6O2. The van der Waals surface area contributed by atoms with Crippen LogP contribution in [0.1, 0.15) is 64.9 Å². The number of pyridine rings is 1. The first-order valence-corrected chi connectivity index (χ1v) is 12.4. The quantitative estimate of drug-likeness (QED) is 0.612. The lowest BCUT2D eigenvalue weighted by Gasteiger charge is -2.56. The maximum Gasteiger partial charge on any atom is 0.274 e.